The second kappa shape index (κ2) is 6.89. The van der Waals surface area contributed by atoms with Crippen LogP contribution in [0, 0.1) is 5.92 Å². The number of hydrogen-bond donors (Lipinski definition) is 0. The van der Waals surface area contributed by atoms with E-state index >= 15 is 0 Å². The summed E-state index contributed by atoms with van der Waals surface area (Å²) in [6, 6.07) is 8.13. The summed E-state index contributed by atoms with van der Waals surface area (Å²) in [5.74, 6) is 1.17. The number of benzene rings is 1. The van der Waals surface area contributed by atoms with Crippen LogP contribution in [0.1, 0.15) is 50.5 Å². The predicted molar refractivity (Wildman–Crippen MR) is 89.3 cm³/mol. The zero-order valence-corrected chi connectivity index (χ0v) is 14.0. The molecule has 1 heterocycles. The Hall–Kier alpha value is -0.240. The van der Waals surface area contributed by atoms with Crippen molar-refractivity contribution in [3.8, 4) is 0 Å². The monoisotopic (exact) mass is 326 g/mol. The molecule has 2 aliphatic rings. The molecule has 1 aliphatic carbocycles. The molecule has 1 nitrogen and oxygen atoms in total. The minimum Gasteiger partial charge on any atom is -0.372 e. The van der Waals surface area contributed by atoms with Gasteiger partial charge in [-0.15, -0.1) is 11.6 Å². The van der Waals surface area contributed by atoms with E-state index in [0.29, 0.717) is 17.9 Å². The second-order valence-corrected chi connectivity index (χ2v) is 7.50. The smallest absolute Gasteiger partial charge is 0.0687 e. The van der Waals surface area contributed by atoms with Crippen LogP contribution < -0.4 is 0 Å². The Morgan fingerprint density at radius 3 is 2.76 bits per heavy atom. The predicted octanol–water partition coefficient (Wildman–Crippen LogP) is 5.62. The van der Waals surface area contributed by atoms with Crippen LogP contribution in [0.25, 0.3) is 0 Å². The van der Waals surface area contributed by atoms with Crippen LogP contribution in [-0.2, 0) is 11.2 Å². The van der Waals surface area contributed by atoms with Crippen LogP contribution >= 0.6 is 23.2 Å². The van der Waals surface area contributed by atoms with Gasteiger partial charge in [0.2, 0.25) is 0 Å². The van der Waals surface area contributed by atoms with E-state index in [1.165, 1.54) is 44.1 Å². The fraction of sp³-hybridized carbons (Fsp3) is 0.667. The number of ether oxygens (including phenoxy) is 1. The summed E-state index contributed by atoms with van der Waals surface area (Å²) < 4.78 is 6.42. The van der Waals surface area contributed by atoms with Gasteiger partial charge in [0.1, 0.15) is 0 Å². The van der Waals surface area contributed by atoms with Gasteiger partial charge in [0.15, 0.2) is 0 Å². The molecule has 3 heteroatoms. The maximum Gasteiger partial charge on any atom is 0.0687 e. The van der Waals surface area contributed by atoms with Crippen LogP contribution in [0.2, 0.25) is 5.02 Å². The molecule has 0 amide bonds. The van der Waals surface area contributed by atoms with Gasteiger partial charge in [0.05, 0.1) is 11.7 Å². The molecule has 116 valence electrons. The normalized spacial score (nSPS) is 25.5. The quantitative estimate of drug-likeness (QED) is 0.638. The van der Waals surface area contributed by atoms with Gasteiger partial charge in [-0.1, -0.05) is 36.6 Å². The molecule has 1 saturated heterocycles. The fourth-order valence-electron chi connectivity index (χ4n) is 4.02. The zero-order chi connectivity index (χ0) is 14.7. The number of halogens is 2. The van der Waals surface area contributed by atoms with E-state index in [2.05, 4.69) is 12.1 Å². The van der Waals surface area contributed by atoms with Gasteiger partial charge >= 0.3 is 0 Å². The molecule has 21 heavy (non-hydrogen) atoms. The van der Waals surface area contributed by atoms with Crippen LogP contribution in [0.4, 0.5) is 0 Å². The first-order chi connectivity index (χ1) is 10.2. The number of hydrogen-bond acceptors (Lipinski definition) is 1. The summed E-state index contributed by atoms with van der Waals surface area (Å²) >= 11 is 12.3. The first-order valence-electron chi connectivity index (χ1n) is 8.17. The molecule has 1 spiro atoms. The van der Waals surface area contributed by atoms with E-state index in [-0.39, 0.29) is 5.60 Å². The molecule has 2 unspecified atom stereocenters. The van der Waals surface area contributed by atoms with Crippen LogP contribution in [0.5, 0.6) is 0 Å². The summed E-state index contributed by atoms with van der Waals surface area (Å²) in [6.07, 6.45) is 10.2. The Morgan fingerprint density at radius 2 is 2.05 bits per heavy atom. The lowest BCUT2D eigenvalue weighted by Crippen LogP contribution is -2.26. The first kappa shape index (κ1) is 15.6. The van der Waals surface area contributed by atoms with Crippen molar-refractivity contribution in [3.63, 3.8) is 0 Å². The average molecular weight is 327 g/mol. The van der Waals surface area contributed by atoms with Gasteiger partial charge in [-0.2, -0.15) is 0 Å². The van der Waals surface area contributed by atoms with Crippen molar-refractivity contribution in [1.82, 2.24) is 0 Å². The van der Waals surface area contributed by atoms with Crippen molar-refractivity contribution in [2.75, 3.05) is 5.88 Å². The number of alkyl halides is 1. The van der Waals surface area contributed by atoms with E-state index in [9.17, 15) is 0 Å². The van der Waals surface area contributed by atoms with Crippen molar-refractivity contribution in [2.45, 2.75) is 63.1 Å². The lowest BCUT2D eigenvalue weighted by molar-refractivity contribution is -0.0432. The lowest BCUT2D eigenvalue weighted by Gasteiger charge is -2.25. The highest BCUT2D eigenvalue weighted by Gasteiger charge is 2.42. The third-order valence-corrected chi connectivity index (χ3v) is 5.75. The van der Waals surface area contributed by atoms with Crippen LogP contribution in [0.15, 0.2) is 24.3 Å². The molecular weight excluding hydrogens is 303 g/mol. The summed E-state index contributed by atoms with van der Waals surface area (Å²) in [6.45, 7) is 0. The van der Waals surface area contributed by atoms with E-state index < -0.39 is 0 Å². The summed E-state index contributed by atoms with van der Waals surface area (Å²) in [7, 11) is 0. The molecule has 0 N–H and O–H groups in total. The van der Waals surface area contributed by atoms with E-state index in [4.69, 9.17) is 27.9 Å². The van der Waals surface area contributed by atoms with Crippen molar-refractivity contribution in [3.05, 3.63) is 34.9 Å². The maximum atomic E-state index is 6.42. The molecular formula is C18H24Cl2O. The van der Waals surface area contributed by atoms with E-state index in [1.807, 2.05) is 12.1 Å². The SMILES string of the molecule is ClCC(Cc1cccc(Cl)c1)CC1CCC2(CCCC2)O1. The topological polar surface area (TPSA) is 9.23 Å². The fourth-order valence-corrected chi connectivity index (χ4v) is 4.47. The van der Waals surface area contributed by atoms with Gasteiger partial charge < -0.3 is 4.74 Å². The largest absolute Gasteiger partial charge is 0.372 e. The molecule has 0 radical (unpaired) electrons. The molecule has 2 atom stereocenters. The van der Waals surface area contributed by atoms with Gasteiger partial charge in [0.25, 0.3) is 0 Å². The average Bonchev–Trinajstić information content (AvgIpc) is 3.09. The van der Waals surface area contributed by atoms with Gasteiger partial charge in [-0.25, -0.2) is 0 Å². The van der Waals surface area contributed by atoms with Crippen LogP contribution in [0.3, 0.4) is 0 Å². The second-order valence-electron chi connectivity index (χ2n) is 6.76. The van der Waals surface area contributed by atoms with Crippen LogP contribution in [-0.4, -0.2) is 17.6 Å². The number of rotatable bonds is 5. The Labute approximate surface area is 138 Å². The van der Waals surface area contributed by atoms with Crippen molar-refractivity contribution < 1.29 is 4.74 Å². The minimum atomic E-state index is 0.234. The van der Waals surface area contributed by atoms with E-state index in [0.717, 1.165) is 17.9 Å². The Bertz CT molecular complexity index is 468. The highest BCUT2D eigenvalue weighted by atomic mass is 35.5. The minimum absolute atomic E-state index is 0.234. The molecule has 3 rings (SSSR count). The Balaban J connectivity index is 1.55. The third kappa shape index (κ3) is 3.94. The summed E-state index contributed by atoms with van der Waals surface area (Å²) in [4.78, 5) is 0. The summed E-state index contributed by atoms with van der Waals surface area (Å²) in [5.41, 5.74) is 1.51. The van der Waals surface area contributed by atoms with Gasteiger partial charge in [-0.05, 0) is 62.1 Å². The van der Waals surface area contributed by atoms with Crippen molar-refractivity contribution in [2.24, 2.45) is 5.92 Å². The molecule has 0 bridgehead atoms. The maximum absolute atomic E-state index is 6.42. The summed E-state index contributed by atoms with van der Waals surface area (Å²) in [5, 5.41) is 0.808. The van der Waals surface area contributed by atoms with Crippen molar-refractivity contribution in [1.29, 1.82) is 0 Å². The Morgan fingerprint density at radius 1 is 1.24 bits per heavy atom. The van der Waals surface area contributed by atoms with E-state index in [1.54, 1.807) is 0 Å². The standard InChI is InChI=1S/C18H24Cl2O/c19-13-15(10-14-4-3-5-16(20)11-14)12-17-6-9-18(21-17)7-1-2-8-18/h3-5,11,15,17H,1-2,6-10,12-13H2. The van der Waals surface area contributed by atoms with Crippen molar-refractivity contribution >= 4 is 23.2 Å². The third-order valence-electron chi connectivity index (χ3n) is 5.08. The highest BCUT2D eigenvalue weighted by molar-refractivity contribution is 6.30. The molecule has 1 saturated carbocycles. The molecule has 1 aromatic carbocycles. The van der Waals surface area contributed by atoms with Gasteiger partial charge in [-0.3, -0.25) is 0 Å². The zero-order valence-electron chi connectivity index (χ0n) is 12.5. The first-order valence-corrected chi connectivity index (χ1v) is 9.09. The molecule has 1 aromatic rings. The molecule has 1 aliphatic heterocycles. The highest BCUT2D eigenvalue weighted by Crippen LogP contribution is 2.44. The molecule has 2 fully saturated rings. The Kier molecular flexibility index (Phi) is 5.14. The lowest BCUT2D eigenvalue weighted by atomic mass is 9.93. The van der Waals surface area contributed by atoms with Gasteiger partial charge in [0, 0.05) is 10.9 Å². The molecule has 0 aromatic heterocycles.